The van der Waals surface area contributed by atoms with Crippen LogP contribution in [0.2, 0.25) is 18.1 Å². The maximum absolute atomic E-state index is 6.26. The predicted octanol–water partition coefficient (Wildman–Crippen LogP) is 9.52. The minimum atomic E-state index is -1.52. The Labute approximate surface area is 174 Å². The molecule has 2 heteroatoms. The fourth-order valence-corrected chi connectivity index (χ4v) is 4.63. The third-order valence-electron chi connectivity index (χ3n) is 6.64. The van der Waals surface area contributed by atoms with Crippen molar-refractivity contribution in [3.05, 3.63) is 0 Å². The molecule has 0 aliphatic carbocycles. The van der Waals surface area contributed by atoms with Crippen molar-refractivity contribution in [3.8, 4) is 0 Å². The first kappa shape index (κ1) is 27.2. The van der Waals surface area contributed by atoms with Crippen molar-refractivity contribution >= 4 is 8.32 Å². The van der Waals surface area contributed by atoms with Gasteiger partial charge >= 0.3 is 0 Å². The Hall–Kier alpha value is 0.177. The van der Waals surface area contributed by atoms with Crippen molar-refractivity contribution in [2.75, 3.05) is 6.61 Å². The zero-order valence-corrected chi connectivity index (χ0v) is 21.3. The lowest BCUT2D eigenvalue weighted by Gasteiger charge is -2.36. The predicted molar refractivity (Wildman–Crippen MR) is 127 cm³/mol. The summed E-state index contributed by atoms with van der Waals surface area (Å²) < 4.78 is 6.26. The highest BCUT2D eigenvalue weighted by Gasteiger charge is 2.36. The van der Waals surface area contributed by atoms with E-state index in [-0.39, 0.29) is 0 Å². The van der Waals surface area contributed by atoms with E-state index >= 15 is 0 Å². The van der Waals surface area contributed by atoms with Gasteiger partial charge in [0, 0.05) is 6.61 Å². The van der Waals surface area contributed by atoms with Crippen LogP contribution in [-0.2, 0) is 4.43 Å². The monoisotopic (exact) mass is 398 g/mol. The first-order valence-electron chi connectivity index (χ1n) is 12.3. The smallest absolute Gasteiger partial charge is 0.191 e. The minimum absolute atomic E-state index is 0.348. The van der Waals surface area contributed by atoms with Crippen molar-refractivity contribution in [3.63, 3.8) is 0 Å². The van der Waals surface area contributed by atoms with Gasteiger partial charge in [-0.05, 0) is 30.5 Å². The molecule has 0 spiro atoms. The molecule has 0 heterocycles. The topological polar surface area (TPSA) is 9.23 Å². The fourth-order valence-electron chi connectivity index (χ4n) is 3.54. The standard InChI is InChI=1S/C25H54OSi/c1-8-21-24(2)22-19-17-15-13-11-9-10-12-14-16-18-20-23-26-27(6,7)25(3,4)5/h24H,8-23H2,1-7H3. The van der Waals surface area contributed by atoms with Gasteiger partial charge in [0.15, 0.2) is 8.32 Å². The van der Waals surface area contributed by atoms with E-state index < -0.39 is 8.32 Å². The summed E-state index contributed by atoms with van der Waals surface area (Å²) in [4.78, 5) is 0. The van der Waals surface area contributed by atoms with Crippen molar-refractivity contribution in [1.29, 1.82) is 0 Å². The van der Waals surface area contributed by atoms with Crippen molar-refractivity contribution in [2.45, 2.75) is 149 Å². The zero-order chi connectivity index (χ0) is 20.6. The van der Waals surface area contributed by atoms with Gasteiger partial charge in [0.1, 0.15) is 0 Å². The van der Waals surface area contributed by atoms with Crippen LogP contribution in [0.5, 0.6) is 0 Å². The SMILES string of the molecule is CCCC(C)CCCCCCCCCCCCCCO[Si](C)(C)C(C)(C)C. The Morgan fingerprint density at radius 2 is 1.07 bits per heavy atom. The van der Waals surface area contributed by atoms with E-state index in [1.165, 1.54) is 96.3 Å². The Morgan fingerprint density at radius 3 is 1.48 bits per heavy atom. The van der Waals surface area contributed by atoms with Crippen LogP contribution in [0, 0.1) is 5.92 Å². The van der Waals surface area contributed by atoms with E-state index in [1.54, 1.807) is 0 Å². The molecule has 0 saturated carbocycles. The second-order valence-corrected chi connectivity index (χ2v) is 15.3. The fraction of sp³-hybridized carbons (Fsp3) is 1.00. The van der Waals surface area contributed by atoms with Gasteiger partial charge in [0.25, 0.3) is 0 Å². The van der Waals surface area contributed by atoms with Crippen LogP contribution in [0.1, 0.15) is 131 Å². The maximum Gasteiger partial charge on any atom is 0.191 e. The Kier molecular flexibility index (Phi) is 16.1. The molecule has 0 rings (SSSR count). The molecule has 0 saturated heterocycles. The molecule has 0 amide bonds. The first-order valence-corrected chi connectivity index (χ1v) is 15.3. The van der Waals surface area contributed by atoms with Crippen LogP contribution >= 0.6 is 0 Å². The largest absolute Gasteiger partial charge is 0.417 e. The van der Waals surface area contributed by atoms with Gasteiger partial charge in [-0.15, -0.1) is 0 Å². The van der Waals surface area contributed by atoms with Crippen LogP contribution in [0.3, 0.4) is 0 Å². The summed E-state index contributed by atoms with van der Waals surface area (Å²) >= 11 is 0. The number of hydrogen-bond donors (Lipinski definition) is 0. The van der Waals surface area contributed by atoms with Gasteiger partial charge in [0.05, 0.1) is 0 Å². The van der Waals surface area contributed by atoms with Gasteiger partial charge < -0.3 is 4.43 Å². The summed E-state index contributed by atoms with van der Waals surface area (Å²) in [6.07, 6.45) is 21.3. The average Bonchev–Trinajstić information content (AvgIpc) is 2.57. The second kappa shape index (κ2) is 16.0. The Bertz CT molecular complexity index is 319. The maximum atomic E-state index is 6.26. The Morgan fingerprint density at radius 1 is 0.667 bits per heavy atom. The highest BCUT2D eigenvalue weighted by Crippen LogP contribution is 2.36. The summed E-state index contributed by atoms with van der Waals surface area (Å²) in [5, 5.41) is 0.348. The third-order valence-corrected chi connectivity index (χ3v) is 11.2. The van der Waals surface area contributed by atoms with Gasteiger partial charge in [-0.25, -0.2) is 0 Å². The van der Waals surface area contributed by atoms with Crippen LogP contribution in [0.4, 0.5) is 0 Å². The van der Waals surface area contributed by atoms with Crippen LogP contribution in [-0.4, -0.2) is 14.9 Å². The highest BCUT2D eigenvalue weighted by molar-refractivity contribution is 6.74. The zero-order valence-electron chi connectivity index (χ0n) is 20.3. The number of unbranched alkanes of at least 4 members (excludes halogenated alkanes) is 11. The van der Waals surface area contributed by atoms with Gasteiger partial charge in [0.2, 0.25) is 0 Å². The second-order valence-electron chi connectivity index (χ2n) is 10.5. The molecule has 0 fully saturated rings. The normalized spacial score (nSPS) is 13.9. The van der Waals surface area contributed by atoms with Crippen molar-refractivity contribution in [1.82, 2.24) is 0 Å². The summed E-state index contributed by atoms with van der Waals surface area (Å²) in [5.41, 5.74) is 0. The molecule has 0 aliphatic heterocycles. The van der Waals surface area contributed by atoms with Crippen LogP contribution < -0.4 is 0 Å². The van der Waals surface area contributed by atoms with E-state index in [9.17, 15) is 0 Å². The molecule has 0 N–H and O–H groups in total. The van der Waals surface area contributed by atoms with Crippen molar-refractivity contribution in [2.24, 2.45) is 5.92 Å². The van der Waals surface area contributed by atoms with Crippen LogP contribution in [0.15, 0.2) is 0 Å². The van der Waals surface area contributed by atoms with E-state index in [0.29, 0.717) is 5.04 Å². The molecule has 0 aliphatic rings. The summed E-state index contributed by atoms with van der Waals surface area (Å²) in [7, 11) is -1.52. The van der Waals surface area contributed by atoms with E-state index in [4.69, 9.17) is 4.43 Å². The first-order chi connectivity index (χ1) is 12.7. The van der Waals surface area contributed by atoms with Gasteiger partial charge in [-0.3, -0.25) is 0 Å². The minimum Gasteiger partial charge on any atom is -0.417 e. The molecule has 1 unspecified atom stereocenters. The average molecular weight is 399 g/mol. The lowest BCUT2D eigenvalue weighted by Crippen LogP contribution is -2.40. The molecule has 27 heavy (non-hydrogen) atoms. The molecule has 0 aromatic rings. The Balaban J connectivity index is 3.26. The molecular formula is C25H54OSi. The molecule has 0 bridgehead atoms. The molecular weight excluding hydrogens is 344 g/mol. The molecule has 1 nitrogen and oxygen atoms in total. The molecule has 0 aromatic heterocycles. The number of rotatable bonds is 18. The van der Waals surface area contributed by atoms with Crippen LogP contribution in [0.25, 0.3) is 0 Å². The molecule has 1 atom stereocenters. The summed E-state index contributed by atoms with van der Waals surface area (Å²) in [6, 6.07) is 0. The molecule has 0 radical (unpaired) electrons. The summed E-state index contributed by atoms with van der Waals surface area (Å²) in [6.45, 7) is 17.4. The van der Waals surface area contributed by atoms with E-state index in [2.05, 4.69) is 47.7 Å². The lowest BCUT2D eigenvalue weighted by atomic mass is 9.98. The van der Waals surface area contributed by atoms with E-state index in [0.717, 1.165) is 12.5 Å². The quantitative estimate of drug-likeness (QED) is 0.165. The number of hydrogen-bond acceptors (Lipinski definition) is 1. The summed E-state index contributed by atoms with van der Waals surface area (Å²) in [5.74, 6) is 0.952. The highest BCUT2D eigenvalue weighted by atomic mass is 28.4. The van der Waals surface area contributed by atoms with E-state index in [1.807, 2.05) is 0 Å². The van der Waals surface area contributed by atoms with Crippen molar-refractivity contribution < 1.29 is 4.43 Å². The lowest BCUT2D eigenvalue weighted by molar-refractivity contribution is 0.277. The molecule has 0 aromatic carbocycles. The molecule has 164 valence electrons. The third kappa shape index (κ3) is 15.7. The van der Waals surface area contributed by atoms with Gasteiger partial charge in [-0.1, -0.05) is 125 Å². The van der Waals surface area contributed by atoms with Gasteiger partial charge in [-0.2, -0.15) is 0 Å².